The molecule has 12 heteroatoms. The van der Waals surface area contributed by atoms with Crippen molar-refractivity contribution in [2.45, 2.75) is 108 Å². The number of nitrogens with zero attached hydrogens (tertiary/aromatic N) is 3. The first kappa shape index (κ1) is 29.0. The van der Waals surface area contributed by atoms with Crippen molar-refractivity contribution < 1.29 is 26.7 Å². The number of aromatic nitrogens is 2. The molecule has 4 rings (SSSR count). The number of amides is 1. The van der Waals surface area contributed by atoms with Gasteiger partial charge in [-0.25, -0.2) is 13.7 Å². The zero-order chi connectivity index (χ0) is 27.8. The van der Waals surface area contributed by atoms with Gasteiger partial charge in [0.25, 0.3) is 0 Å². The maximum absolute atomic E-state index is 16.1. The maximum Gasteiger partial charge on any atom is 0.460 e. The van der Waals surface area contributed by atoms with E-state index in [9.17, 15) is 22.4 Å². The van der Waals surface area contributed by atoms with Crippen LogP contribution in [-0.2, 0) is 18.4 Å². The highest BCUT2D eigenvalue weighted by Gasteiger charge is 2.52. The molecule has 0 radical (unpaired) electrons. The van der Waals surface area contributed by atoms with E-state index < -0.39 is 42.4 Å². The van der Waals surface area contributed by atoms with Crippen LogP contribution in [0.5, 0.6) is 0 Å². The summed E-state index contributed by atoms with van der Waals surface area (Å²) in [6.45, 7) is 3.71. The Bertz CT molecular complexity index is 1010. The van der Waals surface area contributed by atoms with Crippen LogP contribution in [0, 0.1) is 23.2 Å². The highest BCUT2D eigenvalue weighted by atomic mass is 19.4. The predicted molar refractivity (Wildman–Crippen MR) is 132 cm³/mol. The first-order chi connectivity index (χ1) is 17.9. The number of piperidine rings is 2. The molecule has 1 aliphatic carbocycles. The van der Waals surface area contributed by atoms with Crippen molar-refractivity contribution in [3.8, 4) is 0 Å². The van der Waals surface area contributed by atoms with Gasteiger partial charge in [-0.1, -0.05) is 6.42 Å². The lowest BCUT2D eigenvalue weighted by Gasteiger charge is -2.47. The van der Waals surface area contributed by atoms with Gasteiger partial charge in [-0.05, 0) is 58.3 Å². The van der Waals surface area contributed by atoms with Crippen LogP contribution in [-0.4, -0.2) is 69.3 Å². The average Bonchev–Trinajstić information content (AvgIpc) is 3.18. The van der Waals surface area contributed by atoms with Crippen molar-refractivity contribution in [2.75, 3.05) is 6.54 Å². The first-order valence-electron chi connectivity index (χ1n) is 13.8. The molecule has 2 aliphatic heterocycles. The third-order valence-electron chi connectivity index (χ3n) is 8.97. The molecule has 3 fully saturated rings. The van der Waals surface area contributed by atoms with Gasteiger partial charge in [-0.15, -0.1) is 0 Å². The Labute approximate surface area is 220 Å². The molecule has 1 saturated carbocycles. The van der Waals surface area contributed by atoms with Gasteiger partial charge in [0, 0.05) is 62.6 Å². The summed E-state index contributed by atoms with van der Waals surface area (Å²) < 4.78 is 75.1. The van der Waals surface area contributed by atoms with Crippen LogP contribution in [0.1, 0.15) is 58.8 Å². The topological polar surface area (TPSA) is 78.1 Å². The van der Waals surface area contributed by atoms with Crippen LogP contribution in [0.2, 0.25) is 0 Å². The lowest BCUT2D eigenvalue weighted by Crippen LogP contribution is -2.59. The largest absolute Gasteiger partial charge is 0.460 e. The molecule has 3 heterocycles. The van der Waals surface area contributed by atoms with E-state index in [4.69, 9.17) is 5.41 Å². The minimum Gasteiger partial charge on any atom is -0.352 e. The second-order valence-electron chi connectivity index (χ2n) is 11.6. The smallest absolute Gasteiger partial charge is 0.352 e. The molecule has 3 aliphatic rings. The number of hydrogen-bond acceptors (Lipinski definition) is 4. The molecule has 1 amide bonds. The number of carbonyl (C=O) groups excluding carboxylic acids is 1. The average molecular weight is 549 g/mol. The summed E-state index contributed by atoms with van der Waals surface area (Å²) in [4.78, 5) is 13.9. The number of alkyl halides is 5. The molecular weight excluding hydrogens is 507 g/mol. The van der Waals surface area contributed by atoms with E-state index >= 15 is 4.39 Å². The van der Waals surface area contributed by atoms with Crippen molar-refractivity contribution in [2.24, 2.45) is 24.8 Å². The summed E-state index contributed by atoms with van der Waals surface area (Å²) in [5.41, 5.74) is 0.233. The Morgan fingerprint density at radius 2 is 1.92 bits per heavy atom. The third kappa shape index (κ3) is 6.26. The fourth-order valence-electron chi connectivity index (χ4n) is 6.78. The summed E-state index contributed by atoms with van der Waals surface area (Å²) in [5.74, 6) is -2.80. The molecule has 0 bridgehead atoms. The fraction of sp³-hybridized carbons (Fsp3) is 0.846. The summed E-state index contributed by atoms with van der Waals surface area (Å²) in [6.07, 6.45) is -1.25. The van der Waals surface area contributed by atoms with Gasteiger partial charge in [-0.3, -0.25) is 10.2 Å². The van der Waals surface area contributed by atoms with Gasteiger partial charge in [-0.2, -0.15) is 13.2 Å². The second kappa shape index (κ2) is 11.7. The molecule has 0 aromatic carbocycles. The van der Waals surface area contributed by atoms with E-state index in [1.807, 2.05) is 0 Å². The highest BCUT2D eigenvalue weighted by molar-refractivity contribution is 5.79. The number of likely N-dealkylation sites (tertiary alicyclic amines) is 1. The van der Waals surface area contributed by atoms with Crippen LogP contribution in [0.25, 0.3) is 0 Å². The van der Waals surface area contributed by atoms with Crippen molar-refractivity contribution >= 4 is 5.91 Å². The van der Waals surface area contributed by atoms with E-state index in [1.54, 1.807) is 42.4 Å². The second-order valence-corrected chi connectivity index (χ2v) is 11.6. The number of imidazole rings is 1. The Morgan fingerprint density at radius 1 is 1.18 bits per heavy atom. The van der Waals surface area contributed by atoms with Crippen LogP contribution in [0.4, 0.5) is 22.0 Å². The maximum atomic E-state index is 16.1. The fourth-order valence-corrected chi connectivity index (χ4v) is 6.78. The van der Waals surface area contributed by atoms with E-state index in [0.717, 1.165) is 0 Å². The van der Waals surface area contributed by atoms with Crippen LogP contribution < -0.4 is 16.3 Å². The molecule has 7 nitrogen and oxygen atoms in total. The molecule has 8 unspecified atom stereocenters. The van der Waals surface area contributed by atoms with E-state index in [-0.39, 0.29) is 55.5 Å². The van der Waals surface area contributed by atoms with Gasteiger partial charge in [0.05, 0.1) is 5.92 Å². The summed E-state index contributed by atoms with van der Waals surface area (Å²) >= 11 is 0. The molecule has 2 saturated heterocycles. The zero-order valence-corrected chi connectivity index (χ0v) is 22.4. The number of nitrogens with one attached hydrogen (secondary N) is 3. The van der Waals surface area contributed by atoms with Crippen molar-refractivity contribution in [1.82, 2.24) is 24.7 Å². The number of rotatable bonds is 6. The molecule has 216 valence electrons. The Morgan fingerprint density at radius 3 is 2.55 bits per heavy atom. The van der Waals surface area contributed by atoms with Crippen LogP contribution in [0.15, 0.2) is 12.4 Å². The molecule has 9 atom stereocenters. The number of halogens is 5. The van der Waals surface area contributed by atoms with Crippen molar-refractivity contribution in [3.05, 3.63) is 18.0 Å². The molecule has 3 N–H and O–H groups in total. The normalized spacial score (nSPS) is 36.1. The van der Waals surface area contributed by atoms with E-state index in [0.29, 0.717) is 37.1 Å². The minimum absolute atomic E-state index is 0.165. The van der Waals surface area contributed by atoms with E-state index in [1.165, 1.54) is 0 Å². The molecule has 1 aromatic rings. The number of hydrogen-bond donors (Lipinski definition) is 3. The molecule has 1 aromatic heterocycles. The van der Waals surface area contributed by atoms with Gasteiger partial charge >= 0.3 is 6.30 Å². The summed E-state index contributed by atoms with van der Waals surface area (Å²) in [5, 5.41) is 14.3. The van der Waals surface area contributed by atoms with Crippen LogP contribution >= 0.6 is 0 Å². The SMILES string of the molecule is CC1NC([C@H](C)NC(=O)C2CC(Cn3ccn(C)c3=N)CC(C3CCCCN3C(F)(F)F)C2F)CCC1F. The van der Waals surface area contributed by atoms with Crippen molar-refractivity contribution in [3.63, 3.8) is 0 Å². The Hall–Kier alpha value is -1.95. The minimum atomic E-state index is -4.57. The lowest BCUT2D eigenvalue weighted by molar-refractivity contribution is -0.272. The lowest BCUT2D eigenvalue weighted by atomic mass is 9.69. The van der Waals surface area contributed by atoms with E-state index in [2.05, 4.69) is 10.6 Å². The van der Waals surface area contributed by atoms with Crippen molar-refractivity contribution in [1.29, 1.82) is 5.41 Å². The van der Waals surface area contributed by atoms with Gasteiger partial charge < -0.3 is 19.8 Å². The Kier molecular flexibility index (Phi) is 8.91. The zero-order valence-electron chi connectivity index (χ0n) is 22.4. The highest BCUT2D eigenvalue weighted by Crippen LogP contribution is 2.44. The predicted octanol–water partition coefficient (Wildman–Crippen LogP) is 3.64. The van der Waals surface area contributed by atoms with Gasteiger partial charge in [0.2, 0.25) is 11.5 Å². The molecular formula is C26H41F5N6O. The molecule has 0 spiro atoms. The van der Waals surface area contributed by atoms with Gasteiger partial charge in [0.1, 0.15) is 12.3 Å². The van der Waals surface area contributed by atoms with Crippen LogP contribution in [0.3, 0.4) is 0 Å². The third-order valence-corrected chi connectivity index (χ3v) is 8.97. The summed E-state index contributed by atoms with van der Waals surface area (Å²) in [6, 6.07) is -1.92. The molecule has 38 heavy (non-hydrogen) atoms. The monoisotopic (exact) mass is 548 g/mol. The van der Waals surface area contributed by atoms with Gasteiger partial charge in [0.15, 0.2) is 0 Å². The number of carbonyl (C=O) groups is 1. The number of aryl methyl sites for hydroxylation is 1. The first-order valence-corrected chi connectivity index (χ1v) is 13.8. The summed E-state index contributed by atoms with van der Waals surface area (Å²) in [7, 11) is 1.73. The quantitative estimate of drug-likeness (QED) is 0.375. The Balaban J connectivity index is 1.55. The standard InChI is InChI=1S/C26H41F5N6O/c1-15-20(27)7-8-21(33-15)16(2)34-24(38)19-13-17(14-36-11-10-35(3)25(36)32)12-18(23(19)28)22-6-4-5-9-37(22)26(29,30)31/h10-11,15-23,32-33H,4-9,12-14H2,1-3H3,(H,34,38)/t15?,16-,17?,18?,19?,20?,21?,22?,23?/m0/s1.